The molecule has 2 rings (SSSR count). The average molecular weight is 266 g/mol. The molecule has 4 nitrogen and oxygen atoms in total. The highest BCUT2D eigenvalue weighted by molar-refractivity contribution is 7.99. The summed E-state index contributed by atoms with van der Waals surface area (Å²) in [5.74, 6) is 3.07. The first-order valence-corrected chi connectivity index (χ1v) is 7.68. The molecule has 0 aliphatic heterocycles. The maximum absolute atomic E-state index is 4.37. The smallest absolute Gasteiger partial charge is 0.134 e. The molecule has 1 aliphatic rings. The minimum Gasteiger partial charge on any atom is -0.373 e. The van der Waals surface area contributed by atoms with Crippen molar-refractivity contribution in [2.45, 2.75) is 44.4 Å². The van der Waals surface area contributed by atoms with Gasteiger partial charge < -0.3 is 10.6 Å². The second kappa shape index (κ2) is 6.27. The van der Waals surface area contributed by atoms with Crippen molar-refractivity contribution in [2.24, 2.45) is 0 Å². The Morgan fingerprint density at radius 1 is 1.33 bits per heavy atom. The third-order valence-electron chi connectivity index (χ3n) is 3.48. The molecular weight excluding hydrogens is 244 g/mol. The molecule has 0 aromatic carbocycles. The van der Waals surface area contributed by atoms with E-state index in [9.17, 15) is 0 Å². The van der Waals surface area contributed by atoms with Crippen molar-refractivity contribution >= 4 is 23.4 Å². The standard InChI is InChI=1S/C13H22N4S/c1-4-18-11-7-5-6-10(11)17-13-9(2)12(14-3)15-8-16-13/h8,10-11H,4-7H2,1-3H3,(H2,14,15,16,17). The van der Waals surface area contributed by atoms with Crippen molar-refractivity contribution in [3.63, 3.8) is 0 Å². The summed E-state index contributed by atoms with van der Waals surface area (Å²) in [5.41, 5.74) is 1.10. The molecule has 0 amide bonds. The molecule has 100 valence electrons. The molecular formula is C13H22N4S. The van der Waals surface area contributed by atoms with Crippen molar-refractivity contribution in [1.29, 1.82) is 0 Å². The SMILES string of the molecule is CCSC1CCCC1Nc1ncnc(NC)c1C. The largest absolute Gasteiger partial charge is 0.373 e. The second-order valence-corrected chi connectivity index (χ2v) is 6.14. The number of nitrogens with one attached hydrogen (secondary N) is 2. The normalized spacial score (nSPS) is 23.1. The molecule has 18 heavy (non-hydrogen) atoms. The fourth-order valence-corrected chi connectivity index (χ4v) is 3.73. The van der Waals surface area contributed by atoms with Gasteiger partial charge in [0.25, 0.3) is 0 Å². The monoisotopic (exact) mass is 266 g/mol. The van der Waals surface area contributed by atoms with Crippen molar-refractivity contribution in [3.8, 4) is 0 Å². The molecule has 1 aliphatic carbocycles. The summed E-state index contributed by atoms with van der Waals surface area (Å²) in [6.45, 7) is 4.29. The zero-order chi connectivity index (χ0) is 13.0. The fraction of sp³-hybridized carbons (Fsp3) is 0.692. The number of thioether (sulfide) groups is 1. The third-order valence-corrected chi connectivity index (χ3v) is 4.80. The molecule has 2 N–H and O–H groups in total. The minimum atomic E-state index is 0.549. The molecule has 1 aromatic heterocycles. The number of anilines is 2. The van der Waals surface area contributed by atoms with E-state index >= 15 is 0 Å². The van der Waals surface area contributed by atoms with Gasteiger partial charge in [-0.2, -0.15) is 11.8 Å². The first-order chi connectivity index (χ1) is 8.76. The van der Waals surface area contributed by atoms with Crippen LogP contribution in [0.3, 0.4) is 0 Å². The third kappa shape index (κ3) is 2.88. The van der Waals surface area contributed by atoms with Gasteiger partial charge in [0.2, 0.25) is 0 Å². The maximum atomic E-state index is 4.37. The topological polar surface area (TPSA) is 49.8 Å². The van der Waals surface area contributed by atoms with E-state index < -0.39 is 0 Å². The van der Waals surface area contributed by atoms with E-state index in [1.165, 1.54) is 25.0 Å². The molecule has 5 heteroatoms. The lowest BCUT2D eigenvalue weighted by atomic mass is 10.2. The Hall–Kier alpha value is -0.970. The first-order valence-electron chi connectivity index (χ1n) is 6.63. The summed E-state index contributed by atoms with van der Waals surface area (Å²) in [5, 5.41) is 7.43. The lowest BCUT2D eigenvalue weighted by Gasteiger charge is -2.22. The predicted molar refractivity (Wildman–Crippen MR) is 79.5 cm³/mol. The van der Waals surface area contributed by atoms with Gasteiger partial charge in [0, 0.05) is 23.9 Å². The molecule has 2 unspecified atom stereocenters. The van der Waals surface area contributed by atoms with Crippen LogP contribution in [0.2, 0.25) is 0 Å². The van der Waals surface area contributed by atoms with Crippen LogP contribution in [0.5, 0.6) is 0 Å². The van der Waals surface area contributed by atoms with Crippen LogP contribution in [-0.2, 0) is 0 Å². The summed E-state index contributed by atoms with van der Waals surface area (Å²) in [4.78, 5) is 8.59. The van der Waals surface area contributed by atoms with E-state index in [4.69, 9.17) is 0 Å². The number of hydrogen-bond acceptors (Lipinski definition) is 5. The van der Waals surface area contributed by atoms with Crippen molar-refractivity contribution in [2.75, 3.05) is 23.4 Å². The lowest BCUT2D eigenvalue weighted by molar-refractivity contribution is 0.760. The summed E-state index contributed by atoms with van der Waals surface area (Å²) < 4.78 is 0. The quantitative estimate of drug-likeness (QED) is 0.858. The van der Waals surface area contributed by atoms with Gasteiger partial charge in [0.05, 0.1) is 0 Å². The first kappa shape index (κ1) is 13.5. The molecule has 0 bridgehead atoms. The Morgan fingerprint density at radius 2 is 2.11 bits per heavy atom. The predicted octanol–water partition coefficient (Wildman–Crippen LogP) is 2.91. The van der Waals surface area contributed by atoms with Crippen LogP contribution in [0.25, 0.3) is 0 Å². The molecule has 0 radical (unpaired) electrons. The minimum absolute atomic E-state index is 0.549. The van der Waals surface area contributed by atoms with Gasteiger partial charge in [-0.05, 0) is 25.5 Å². The molecule has 1 aromatic rings. The molecule has 1 fully saturated rings. The number of nitrogens with zero attached hydrogens (tertiary/aromatic N) is 2. The van der Waals surface area contributed by atoms with Crippen molar-refractivity contribution < 1.29 is 0 Å². The Balaban J connectivity index is 2.09. The molecule has 0 saturated heterocycles. The van der Waals surface area contributed by atoms with Gasteiger partial charge >= 0.3 is 0 Å². The summed E-state index contributed by atoms with van der Waals surface area (Å²) in [6.07, 6.45) is 5.51. The van der Waals surface area contributed by atoms with Crippen LogP contribution in [0.1, 0.15) is 31.7 Å². The van der Waals surface area contributed by atoms with Gasteiger partial charge in [-0.1, -0.05) is 13.3 Å². The van der Waals surface area contributed by atoms with Gasteiger partial charge in [-0.25, -0.2) is 9.97 Å². The lowest BCUT2D eigenvalue weighted by Crippen LogP contribution is -2.27. The number of rotatable bonds is 5. The Morgan fingerprint density at radius 3 is 2.83 bits per heavy atom. The zero-order valence-corrected chi connectivity index (χ0v) is 12.2. The highest BCUT2D eigenvalue weighted by atomic mass is 32.2. The van der Waals surface area contributed by atoms with Gasteiger partial charge in [-0.3, -0.25) is 0 Å². The Bertz CT molecular complexity index is 397. The van der Waals surface area contributed by atoms with Crippen LogP contribution >= 0.6 is 11.8 Å². The van der Waals surface area contributed by atoms with Crippen LogP contribution in [0.4, 0.5) is 11.6 Å². The van der Waals surface area contributed by atoms with E-state index in [0.29, 0.717) is 6.04 Å². The summed E-state index contributed by atoms with van der Waals surface area (Å²) in [6, 6.07) is 0.549. The Labute approximate surface area is 113 Å². The van der Waals surface area contributed by atoms with E-state index in [0.717, 1.165) is 22.4 Å². The number of aromatic nitrogens is 2. The summed E-state index contributed by atoms with van der Waals surface area (Å²) in [7, 11) is 1.89. The second-order valence-electron chi connectivity index (χ2n) is 4.62. The van der Waals surface area contributed by atoms with Crippen LogP contribution in [0.15, 0.2) is 6.33 Å². The zero-order valence-electron chi connectivity index (χ0n) is 11.4. The molecule has 1 saturated carbocycles. The van der Waals surface area contributed by atoms with Crippen LogP contribution < -0.4 is 10.6 Å². The Kier molecular flexibility index (Phi) is 4.69. The van der Waals surface area contributed by atoms with Crippen LogP contribution in [-0.4, -0.2) is 34.1 Å². The maximum Gasteiger partial charge on any atom is 0.134 e. The van der Waals surface area contributed by atoms with E-state index in [-0.39, 0.29) is 0 Å². The molecule has 2 atom stereocenters. The highest BCUT2D eigenvalue weighted by Crippen LogP contribution is 2.32. The van der Waals surface area contributed by atoms with Gasteiger partial charge in [-0.15, -0.1) is 0 Å². The average Bonchev–Trinajstić information content (AvgIpc) is 2.80. The van der Waals surface area contributed by atoms with E-state index in [2.05, 4.69) is 46.2 Å². The highest BCUT2D eigenvalue weighted by Gasteiger charge is 2.27. The molecule has 0 spiro atoms. The van der Waals surface area contributed by atoms with E-state index in [1.54, 1.807) is 6.33 Å². The van der Waals surface area contributed by atoms with Crippen molar-refractivity contribution in [3.05, 3.63) is 11.9 Å². The molecule has 1 heterocycles. The number of hydrogen-bond donors (Lipinski definition) is 2. The van der Waals surface area contributed by atoms with Crippen LogP contribution in [0, 0.1) is 6.92 Å². The van der Waals surface area contributed by atoms with Gasteiger partial charge in [0.1, 0.15) is 18.0 Å². The van der Waals surface area contributed by atoms with Gasteiger partial charge in [0.15, 0.2) is 0 Å². The van der Waals surface area contributed by atoms with Crippen molar-refractivity contribution in [1.82, 2.24) is 9.97 Å². The summed E-state index contributed by atoms with van der Waals surface area (Å²) >= 11 is 2.06. The fourth-order valence-electron chi connectivity index (χ4n) is 2.53. The van der Waals surface area contributed by atoms with E-state index in [1.807, 2.05) is 7.05 Å².